The standard InChI is InChI=1S/C28H18BrN3/c29-22-13-14-23-24-12-7-15-30-28(24)32(26(23)18-22)27-17-21(19-8-3-1-4-9-19)16-25(31-27)20-10-5-2-6-11-20/h1-18H. The van der Waals surface area contributed by atoms with Crippen molar-refractivity contribution in [1.29, 1.82) is 0 Å². The van der Waals surface area contributed by atoms with E-state index in [1.807, 2.05) is 36.5 Å². The molecule has 3 heterocycles. The lowest BCUT2D eigenvalue weighted by molar-refractivity contribution is 1.06. The summed E-state index contributed by atoms with van der Waals surface area (Å²) in [4.78, 5) is 9.85. The van der Waals surface area contributed by atoms with Crippen LogP contribution >= 0.6 is 15.9 Å². The molecular formula is C28H18BrN3. The number of aromatic nitrogens is 3. The Balaban J connectivity index is 1.70. The van der Waals surface area contributed by atoms with E-state index in [4.69, 9.17) is 9.97 Å². The second kappa shape index (κ2) is 7.74. The van der Waals surface area contributed by atoms with E-state index in [9.17, 15) is 0 Å². The van der Waals surface area contributed by atoms with E-state index < -0.39 is 0 Å². The van der Waals surface area contributed by atoms with Gasteiger partial charge in [0, 0.05) is 27.0 Å². The fourth-order valence-corrected chi connectivity index (χ4v) is 4.58. The van der Waals surface area contributed by atoms with Crippen molar-refractivity contribution in [2.45, 2.75) is 0 Å². The summed E-state index contributed by atoms with van der Waals surface area (Å²) < 4.78 is 3.19. The first-order chi connectivity index (χ1) is 15.8. The normalized spacial score (nSPS) is 11.3. The molecule has 152 valence electrons. The van der Waals surface area contributed by atoms with E-state index in [2.05, 4.69) is 93.3 Å². The van der Waals surface area contributed by atoms with Crippen LogP contribution in [0.3, 0.4) is 0 Å². The number of hydrogen-bond donors (Lipinski definition) is 0. The van der Waals surface area contributed by atoms with E-state index in [1.54, 1.807) is 0 Å². The molecule has 4 heteroatoms. The van der Waals surface area contributed by atoms with E-state index in [-0.39, 0.29) is 0 Å². The van der Waals surface area contributed by atoms with Crippen LogP contribution in [0.4, 0.5) is 0 Å². The van der Waals surface area contributed by atoms with Crippen molar-refractivity contribution in [3.63, 3.8) is 0 Å². The molecule has 3 aromatic heterocycles. The molecule has 6 rings (SSSR count). The fourth-order valence-electron chi connectivity index (χ4n) is 4.23. The molecule has 0 saturated carbocycles. The van der Waals surface area contributed by atoms with Crippen molar-refractivity contribution in [2.75, 3.05) is 0 Å². The number of nitrogens with zero attached hydrogens (tertiary/aromatic N) is 3. The van der Waals surface area contributed by atoms with E-state index >= 15 is 0 Å². The zero-order valence-corrected chi connectivity index (χ0v) is 18.7. The molecule has 0 atom stereocenters. The van der Waals surface area contributed by atoms with Crippen LogP contribution in [0.15, 0.2) is 114 Å². The van der Waals surface area contributed by atoms with Crippen LogP contribution in [0.2, 0.25) is 0 Å². The molecule has 3 aromatic carbocycles. The van der Waals surface area contributed by atoms with E-state index in [1.165, 1.54) is 0 Å². The highest BCUT2D eigenvalue weighted by molar-refractivity contribution is 9.10. The Labute approximate surface area is 194 Å². The predicted molar refractivity (Wildman–Crippen MR) is 135 cm³/mol. The predicted octanol–water partition coefficient (Wildman–Crippen LogP) is 7.67. The van der Waals surface area contributed by atoms with Gasteiger partial charge in [-0.15, -0.1) is 0 Å². The van der Waals surface area contributed by atoms with Crippen LogP contribution in [0.25, 0.3) is 50.1 Å². The van der Waals surface area contributed by atoms with Gasteiger partial charge in [0.2, 0.25) is 0 Å². The minimum absolute atomic E-state index is 0.849. The van der Waals surface area contributed by atoms with Gasteiger partial charge in [-0.2, -0.15) is 0 Å². The van der Waals surface area contributed by atoms with Gasteiger partial charge in [-0.25, -0.2) is 9.97 Å². The summed E-state index contributed by atoms with van der Waals surface area (Å²) in [5.74, 6) is 0.849. The summed E-state index contributed by atoms with van der Waals surface area (Å²) in [6, 6.07) is 35.5. The maximum absolute atomic E-state index is 5.11. The first-order valence-corrected chi connectivity index (χ1v) is 11.3. The van der Waals surface area contributed by atoms with Crippen molar-refractivity contribution in [3.8, 4) is 28.2 Å². The molecule has 0 bridgehead atoms. The molecule has 0 unspecified atom stereocenters. The fraction of sp³-hybridized carbons (Fsp3) is 0. The molecule has 0 amide bonds. The minimum atomic E-state index is 0.849. The molecule has 0 saturated heterocycles. The van der Waals surface area contributed by atoms with Gasteiger partial charge in [0.05, 0.1) is 11.2 Å². The SMILES string of the molecule is Brc1ccc2c3cccnc3n(-c3cc(-c4ccccc4)cc(-c4ccccc4)n3)c2c1. The van der Waals surface area contributed by atoms with Gasteiger partial charge >= 0.3 is 0 Å². The first-order valence-electron chi connectivity index (χ1n) is 10.5. The molecule has 0 spiro atoms. The number of hydrogen-bond acceptors (Lipinski definition) is 2. The first kappa shape index (κ1) is 19.0. The van der Waals surface area contributed by atoms with Crippen LogP contribution in [0, 0.1) is 0 Å². The van der Waals surface area contributed by atoms with E-state index in [0.29, 0.717) is 0 Å². The summed E-state index contributed by atoms with van der Waals surface area (Å²) in [6.45, 7) is 0. The molecule has 3 nitrogen and oxygen atoms in total. The minimum Gasteiger partial charge on any atom is -0.278 e. The lowest BCUT2D eigenvalue weighted by Crippen LogP contribution is -2.01. The quantitative estimate of drug-likeness (QED) is 0.262. The highest BCUT2D eigenvalue weighted by Crippen LogP contribution is 2.34. The molecule has 0 aliphatic heterocycles. The Morgan fingerprint density at radius 1 is 0.625 bits per heavy atom. The number of halogens is 1. The maximum Gasteiger partial charge on any atom is 0.146 e. The summed E-state index contributed by atoms with van der Waals surface area (Å²) in [6.07, 6.45) is 1.84. The van der Waals surface area contributed by atoms with Gasteiger partial charge < -0.3 is 0 Å². The summed E-state index contributed by atoms with van der Waals surface area (Å²) >= 11 is 3.64. The lowest BCUT2D eigenvalue weighted by atomic mass is 10.0. The Bertz CT molecular complexity index is 1510. The van der Waals surface area contributed by atoms with Gasteiger partial charge in [0.25, 0.3) is 0 Å². The molecule has 6 aromatic rings. The average Bonchev–Trinajstić information content (AvgIpc) is 3.18. The topological polar surface area (TPSA) is 30.7 Å². The van der Waals surface area contributed by atoms with Gasteiger partial charge in [-0.3, -0.25) is 4.57 Å². The highest BCUT2D eigenvalue weighted by Gasteiger charge is 2.16. The van der Waals surface area contributed by atoms with Gasteiger partial charge in [-0.1, -0.05) is 82.7 Å². The smallest absolute Gasteiger partial charge is 0.146 e. The van der Waals surface area contributed by atoms with Crippen LogP contribution in [0.1, 0.15) is 0 Å². The van der Waals surface area contributed by atoms with Crippen molar-refractivity contribution < 1.29 is 0 Å². The maximum atomic E-state index is 5.11. The van der Waals surface area contributed by atoms with Gasteiger partial charge in [0.1, 0.15) is 11.5 Å². The molecule has 32 heavy (non-hydrogen) atoms. The third-order valence-corrected chi connectivity index (χ3v) is 6.20. The molecule has 0 aliphatic rings. The van der Waals surface area contributed by atoms with E-state index in [0.717, 1.165) is 54.6 Å². The summed E-state index contributed by atoms with van der Waals surface area (Å²) in [5.41, 5.74) is 6.27. The Hall–Kier alpha value is -3.76. The van der Waals surface area contributed by atoms with Crippen molar-refractivity contribution >= 4 is 37.9 Å². The third kappa shape index (κ3) is 3.20. The van der Waals surface area contributed by atoms with Gasteiger partial charge in [0.15, 0.2) is 0 Å². The molecule has 0 radical (unpaired) electrons. The largest absolute Gasteiger partial charge is 0.278 e. The number of benzene rings is 3. The zero-order valence-electron chi connectivity index (χ0n) is 17.1. The third-order valence-electron chi connectivity index (χ3n) is 5.71. The zero-order chi connectivity index (χ0) is 21.5. The number of pyridine rings is 2. The summed E-state index contributed by atoms with van der Waals surface area (Å²) in [7, 11) is 0. The molecule has 0 aliphatic carbocycles. The summed E-state index contributed by atoms with van der Waals surface area (Å²) in [5, 5.41) is 2.27. The van der Waals surface area contributed by atoms with Crippen LogP contribution in [0.5, 0.6) is 0 Å². The Morgan fingerprint density at radius 3 is 2.16 bits per heavy atom. The van der Waals surface area contributed by atoms with Crippen molar-refractivity contribution in [2.24, 2.45) is 0 Å². The highest BCUT2D eigenvalue weighted by atomic mass is 79.9. The molecular weight excluding hydrogens is 458 g/mol. The molecule has 0 N–H and O–H groups in total. The van der Waals surface area contributed by atoms with Crippen molar-refractivity contribution in [1.82, 2.24) is 14.5 Å². The average molecular weight is 476 g/mol. The second-order valence-corrected chi connectivity index (χ2v) is 8.62. The van der Waals surface area contributed by atoms with Crippen LogP contribution < -0.4 is 0 Å². The number of rotatable bonds is 3. The molecule has 0 fully saturated rings. The van der Waals surface area contributed by atoms with Crippen LogP contribution in [-0.2, 0) is 0 Å². The Kier molecular flexibility index (Phi) is 4.58. The number of fused-ring (bicyclic) bond motifs is 3. The Morgan fingerprint density at radius 2 is 1.38 bits per heavy atom. The van der Waals surface area contributed by atoms with Crippen molar-refractivity contribution in [3.05, 3.63) is 114 Å². The van der Waals surface area contributed by atoms with Crippen LogP contribution in [-0.4, -0.2) is 14.5 Å². The second-order valence-electron chi connectivity index (χ2n) is 7.70. The van der Waals surface area contributed by atoms with Gasteiger partial charge in [-0.05, 0) is 47.5 Å². The monoisotopic (exact) mass is 475 g/mol. The lowest BCUT2D eigenvalue weighted by Gasteiger charge is -2.12.